The molecule has 36 heavy (non-hydrogen) atoms. The van der Waals surface area contributed by atoms with Crippen molar-refractivity contribution in [2.45, 2.75) is 58.8 Å². The Morgan fingerprint density at radius 1 is 0.917 bits per heavy atom. The van der Waals surface area contributed by atoms with Crippen LogP contribution in [0.4, 0.5) is 0 Å². The van der Waals surface area contributed by atoms with Crippen LogP contribution in [0.3, 0.4) is 0 Å². The molecule has 0 spiro atoms. The average Bonchev–Trinajstić information content (AvgIpc) is 2.85. The number of benzene rings is 2. The molecule has 2 rings (SSSR count). The lowest BCUT2D eigenvalue weighted by atomic mass is 10.00. The monoisotopic (exact) mass is 522 g/mol. The van der Waals surface area contributed by atoms with Crippen LogP contribution in [0.5, 0.6) is 17.2 Å². The second-order valence-electron chi connectivity index (χ2n) is 8.41. The van der Waals surface area contributed by atoms with E-state index in [4.69, 9.17) is 23.5 Å². The topological polar surface area (TPSA) is 108 Å². The van der Waals surface area contributed by atoms with E-state index in [1.807, 2.05) is 38.1 Å². The third-order valence-corrected chi connectivity index (χ3v) is 6.81. The number of methoxy groups -OCH3 is 1. The largest absolute Gasteiger partial charge is 0.496 e. The molecule has 0 aliphatic carbocycles. The van der Waals surface area contributed by atoms with Gasteiger partial charge in [0.05, 0.1) is 19.5 Å². The maximum atomic E-state index is 12.1. The molecule has 0 bridgehead atoms. The minimum absolute atomic E-state index is 0.0162. The first-order valence-corrected chi connectivity index (χ1v) is 14.0. The molecule has 0 saturated heterocycles. The molecule has 0 fully saturated rings. The molecule has 0 heterocycles. The van der Waals surface area contributed by atoms with E-state index in [0.29, 0.717) is 44.8 Å². The lowest BCUT2D eigenvalue weighted by molar-refractivity contribution is -0.136. The Morgan fingerprint density at radius 3 is 2.31 bits per heavy atom. The highest BCUT2D eigenvalue weighted by atomic mass is 32.2. The Labute approximate surface area is 214 Å². The van der Waals surface area contributed by atoms with Crippen molar-refractivity contribution in [2.24, 2.45) is 0 Å². The Balaban J connectivity index is 2.05. The third-order valence-electron chi connectivity index (χ3n) is 5.57. The van der Waals surface area contributed by atoms with Gasteiger partial charge in [-0.15, -0.1) is 0 Å². The zero-order chi connectivity index (χ0) is 26.4. The van der Waals surface area contributed by atoms with Crippen molar-refractivity contribution in [2.75, 3.05) is 32.7 Å². The van der Waals surface area contributed by atoms with Gasteiger partial charge in [0.15, 0.2) is 0 Å². The van der Waals surface area contributed by atoms with E-state index >= 15 is 0 Å². The van der Waals surface area contributed by atoms with Gasteiger partial charge in [-0.3, -0.25) is 4.79 Å². The Hall–Kier alpha value is -2.78. The molecule has 0 radical (unpaired) electrons. The molecule has 0 amide bonds. The van der Waals surface area contributed by atoms with Gasteiger partial charge in [-0.2, -0.15) is 8.42 Å². The minimum Gasteiger partial charge on any atom is -0.496 e. The van der Waals surface area contributed by atoms with Crippen molar-refractivity contribution >= 4 is 16.1 Å². The lowest BCUT2D eigenvalue weighted by Gasteiger charge is -2.15. The van der Waals surface area contributed by atoms with Crippen molar-refractivity contribution in [1.82, 2.24) is 0 Å². The SMILES string of the molecule is CCCCS(=O)(=O)Oc1ccc(CCCc2ccc(CCC(=O)O)cc2OCCOCC)c(OC)c1. The summed E-state index contributed by atoms with van der Waals surface area (Å²) >= 11 is 0. The lowest BCUT2D eigenvalue weighted by Crippen LogP contribution is -2.13. The summed E-state index contributed by atoms with van der Waals surface area (Å²) < 4.78 is 46.2. The minimum atomic E-state index is -3.63. The maximum Gasteiger partial charge on any atom is 0.309 e. The van der Waals surface area contributed by atoms with Gasteiger partial charge >= 0.3 is 16.1 Å². The van der Waals surface area contributed by atoms with Gasteiger partial charge in [0.1, 0.15) is 23.9 Å². The third kappa shape index (κ3) is 10.5. The summed E-state index contributed by atoms with van der Waals surface area (Å²) in [4.78, 5) is 10.9. The summed E-state index contributed by atoms with van der Waals surface area (Å²) in [6.45, 7) is 5.37. The van der Waals surface area contributed by atoms with E-state index in [2.05, 4.69) is 0 Å². The van der Waals surface area contributed by atoms with Crippen LogP contribution in [-0.4, -0.2) is 52.2 Å². The average molecular weight is 523 g/mol. The molecule has 0 aromatic heterocycles. The number of hydrogen-bond acceptors (Lipinski definition) is 7. The fourth-order valence-corrected chi connectivity index (χ4v) is 4.79. The standard InChI is InChI=1S/C27H38O8S/c1-4-6-18-36(30,31)35-24-14-13-22(25(20-24)32-3)8-7-9-23-12-10-21(11-15-27(28)29)19-26(23)34-17-16-33-5-2/h10,12-14,19-20H,4-9,11,15-18H2,1-3H3,(H,28,29). The summed E-state index contributed by atoms with van der Waals surface area (Å²) in [6, 6.07) is 10.9. The van der Waals surface area contributed by atoms with E-state index < -0.39 is 16.1 Å². The number of aliphatic carboxylic acids is 1. The van der Waals surface area contributed by atoms with E-state index in [1.54, 1.807) is 19.2 Å². The highest BCUT2D eigenvalue weighted by Crippen LogP contribution is 2.29. The highest BCUT2D eigenvalue weighted by Gasteiger charge is 2.14. The van der Waals surface area contributed by atoms with E-state index in [1.165, 1.54) is 0 Å². The number of aryl methyl sites for hydroxylation is 3. The van der Waals surface area contributed by atoms with E-state index in [9.17, 15) is 13.2 Å². The first-order chi connectivity index (χ1) is 17.3. The van der Waals surface area contributed by atoms with E-state index in [0.717, 1.165) is 41.7 Å². The quantitative estimate of drug-likeness (QED) is 0.219. The van der Waals surface area contributed by atoms with Crippen LogP contribution in [0.15, 0.2) is 36.4 Å². The molecular weight excluding hydrogens is 484 g/mol. The molecule has 2 aromatic rings. The van der Waals surface area contributed by atoms with Crippen molar-refractivity contribution in [1.29, 1.82) is 0 Å². The molecule has 0 unspecified atom stereocenters. The Kier molecular flexibility index (Phi) is 12.6. The number of ether oxygens (including phenoxy) is 3. The number of rotatable bonds is 18. The molecule has 0 atom stereocenters. The van der Waals surface area contributed by atoms with Gasteiger partial charge in [0.25, 0.3) is 0 Å². The molecular formula is C27H38O8S. The van der Waals surface area contributed by atoms with Gasteiger partial charge in [0, 0.05) is 19.1 Å². The molecule has 2 aromatic carbocycles. The van der Waals surface area contributed by atoms with Crippen LogP contribution >= 0.6 is 0 Å². The smallest absolute Gasteiger partial charge is 0.309 e. The highest BCUT2D eigenvalue weighted by molar-refractivity contribution is 7.87. The van der Waals surface area contributed by atoms with Crippen LogP contribution < -0.4 is 13.7 Å². The van der Waals surface area contributed by atoms with Gasteiger partial charge in [-0.25, -0.2) is 0 Å². The molecule has 0 aliphatic rings. The molecule has 200 valence electrons. The van der Waals surface area contributed by atoms with E-state index in [-0.39, 0.29) is 17.9 Å². The summed E-state index contributed by atoms with van der Waals surface area (Å²) in [7, 11) is -2.08. The fraction of sp³-hybridized carbons (Fsp3) is 0.519. The predicted octanol–water partition coefficient (Wildman–Crippen LogP) is 4.81. The summed E-state index contributed by atoms with van der Waals surface area (Å²) in [5, 5.41) is 8.98. The van der Waals surface area contributed by atoms with Gasteiger partial charge < -0.3 is 23.5 Å². The number of unbranched alkanes of at least 4 members (excludes halogenated alkanes) is 1. The Bertz CT molecular complexity index is 1070. The Morgan fingerprint density at radius 2 is 1.64 bits per heavy atom. The molecule has 1 N–H and O–H groups in total. The fourth-order valence-electron chi connectivity index (χ4n) is 3.66. The number of carboxylic acid groups (broad SMARTS) is 1. The van der Waals surface area contributed by atoms with Crippen molar-refractivity contribution in [3.8, 4) is 17.2 Å². The molecule has 9 heteroatoms. The zero-order valence-electron chi connectivity index (χ0n) is 21.5. The van der Waals surface area contributed by atoms with Crippen molar-refractivity contribution in [3.63, 3.8) is 0 Å². The summed E-state index contributed by atoms with van der Waals surface area (Å²) in [5.74, 6) is 0.717. The number of carboxylic acids is 1. The normalized spacial score (nSPS) is 11.3. The van der Waals surface area contributed by atoms with Crippen LogP contribution in [0.25, 0.3) is 0 Å². The first-order valence-electron chi connectivity index (χ1n) is 12.4. The zero-order valence-corrected chi connectivity index (χ0v) is 22.3. The molecule has 8 nitrogen and oxygen atoms in total. The number of hydrogen-bond donors (Lipinski definition) is 1. The second-order valence-corrected chi connectivity index (χ2v) is 10.1. The maximum absolute atomic E-state index is 12.1. The van der Waals surface area contributed by atoms with Gasteiger partial charge in [-0.05, 0) is 67.9 Å². The number of carbonyl (C=O) groups is 1. The molecule has 0 saturated carbocycles. The van der Waals surface area contributed by atoms with Gasteiger partial charge in [-0.1, -0.05) is 31.5 Å². The van der Waals surface area contributed by atoms with Crippen LogP contribution in [-0.2, 0) is 38.9 Å². The van der Waals surface area contributed by atoms with Crippen LogP contribution in [0, 0.1) is 0 Å². The first kappa shape index (κ1) is 29.5. The van der Waals surface area contributed by atoms with Crippen molar-refractivity contribution < 1.29 is 36.7 Å². The summed E-state index contributed by atoms with van der Waals surface area (Å²) in [5.41, 5.74) is 2.90. The van der Waals surface area contributed by atoms with Gasteiger partial charge in [0.2, 0.25) is 0 Å². The predicted molar refractivity (Wildman–Crippen MR) is 139 cm³/mol. The second kappa shape index (κ2) is 15.4. The van der Waals surface area contributed by atoms with Crippen LogP contribution in [0.1, 0.15) is 56.2 Å². The van der Waals surface area contributed by atoms with Crippen LogP contribution in [0.2, 0.25) is 0 Å². The summed E-state index contributed by atoms with van der Waals surface area (Å²) in [6.07, 6.45) is 4.10. The molecule has 0 aliphatic heterocycles. The van der Waals surface area contributed by atoms with Crippen molar-refractivity contribution in [3.05, 3.63) is 53.1 Å².